The van der Waals surface area contributed by atoms with E-state index in [1.54, 1.807) is 32.7 Å². The van der Waals surface area contributed by atoms with Crippen molar-refractivity contribution < 1.29 is 9.90 Å². The fourth-order valence-corrected chi connectivity index (χ4v) is 1.57. The second-order valence-corrected chi connectivity index (χ2v) is 4.34. The summed E-state index contributed by atoms with van der Waals surface area (Å²) < 4.78 is 0. The predicted octanol–water partition coefficient (Wildman–Crippen LogP) is 1.12. The molecule has 0 bridgehead atoms. The van der Waals surface area contributed by atoms with Crippen LogP contribution in [-0.4, -0.2) is 34.9 Å². The van der Waals surface area contributed by atoms with Gasteiger partial charge in [0.1, 0.15) is 11.6 Å². The van der Waals surface area contributed by atoms with Crippen molar-refractivity contribution in [1.82, 2.24) is 10.2 Å². The SMILES string of the molecule is Cc1nnc(N(C)CC(C)C(=O)O)c(C#N)c1C. The van der Waals surface area contributed by atoms with Crippen LogP contribution in [0.2, 0.25) is 0 Å². The number of carboxylic acid groups (broad SMARTS) is 1. The van der Waals surface area contributed by atoms with Gasteiger partial charge in [-0.3, -0.25) is 4.79 Å². The Labute approximate surface area is 106 Å². The summed E-state index contributed by atoms with van der Waals surface area (Å²) >= 11 is 0. The zero-order chi connectivity index (χ0) is 13.9. The second kappa shape index (κ2) is 5.45. The van der Waals surface area contributed by atoms with Gasteiger partial charge in [0.2, 0.25) is 0 Å². The van der Waals surface area contributed by atoms with E-state index in [1.807, 2.05) is 0 Å². The van der Waals surface area contributed by atoms with E-state index in [0.717, 1.165) is 5.56 Å². The number of carbonyl (C=O) groups is 1. The molecule has 18 heavy (non-hydrogen) atoms. The van der Waals surface area contributed by atoms with Crippen LogP contribution < -0.4 is 4.90 Å². The number of nitrogens with zero attached hydrogens (tertiary/aromatic N) is 4. The van der Waals surface area contributed by atoms with Gasteiger partial charge in [0.15, 0.2) is 5.82 Å². The van der Waals surface area contributed by atoms with E-state index >= 15 is 0 Å². The zero-order valence-electron chi connectivity index (χ0n) is 10.9. The highest BCUT2D eigenvalue weighted by molar-refractivity contribution is 5.70. The van der Waals surface area contributed by atoms with Gasteiger partial charge in [-0.15, -0.1) is 5.10 Å². The maximum atomic E-state index is 10.8. The Balaban J connectivity index is 3.07. The molecule has 1 N–H and O–H groups in total. The molecule has 1 rings (SSSR count). The first-order valence-electron chi connectivity index (χ1n) is 5.56. The van der Waals surface area contributed by atoms with Crippen molar-refractivity contribution in [3.05, 3.63) is 16.8 Å². The minimum absolute atomic E-state index is 0.279. The number of hydrogen-bond donors (Lipinski definition) is 1. The molecule has 6 nitrogen and oxygen atoms in total. The maximum Gasteiger partial charge on any atom is 0.308 e. The van der Waals surface area contributed by atoms with Crippen molar-refractivity contribution in [2.45, 2.75) is 20.8 Å². The van der Waals surface area contributed by atoms with Crippen LogP contribution in [0.25, 0.3) is 0 Å². The van der Waals surface area contributed by atoms with Crippen LogP contribution in [0.1, 0.15) is 23.7 Å². The maximum absolute atomic E-state index is 10.8. The Morgan fingerprint density at radius 3 is 2.61 bits per heavy atom. The number of nitriles is 1. The van der Waals surface area contributed by atoms with Gasteiger partial charge in [0.25, 0.3) is 0 Å². The molecular weight excluding hydrogens is 232 g/mol. The standard InChI is InChI=1S/C12H16N4O2/c1-7(12(17)18)6-16(4)11-10(5-13)8(2)9(3)14-15-11/h7H,6H2,1-4H3,(H,17,18). The van der Waals surface area contributed by atoms with Crippen LogP contribution in [0.3, 0.4) is 0 Å². The molecule has 0 aliphatic carbocycles. The van der Waals surface area contributed by atoms with Crippen molar-refractivity contribution in [2.24, 2.45) is 5.92 Å². The van der Waals surface area contributed by atoms with E-state index in [0.29, 0.717) is 17.1 Å². The molecule has 0 saturated carbocycles. The molecule has 0 radical (unpaired) electrons. The monoisotopic (exact) mass is 248 g/mol. The third-order valence-corrected chi connectivity index (χ3v) is 2.88. The number of anilines is 1. The van der Waals surface area contributed by atoms with Crippen molar-refractivity contribution in [3.8, 4) is 6.07 Å². The highest BCUT2D eigenvalue weighted by atomic mass is 16.4. The molecule has 0 spiro atoms. The molecule has 96 valence electrons. The highest BCUT2D eigenvalue weighted by Crippen LogP contribution is 2.20. The number of hydrogen-bond acceptors (Lipinski definition) is 5. The molecule has 0 aromatic carbocycles. The molecule has 0 fully saturated rings. The lowest BCUT2D eigenvalue weighted by molar-refractivity contribution is -0.140. The van der Waals surface area contributed by atoms with Crippen molar-refractivity contribution >= 4 is 11.8 Å². The summed E-state index contributed by atoms with van der Waals surface area (Å²) in [7, 11) is 1.71. The summed E-state index contributed by atoms with van der Waals surface area (Å²) in [5, 5.41) is 26.0. The number of aromatic nitrogens is 2. The first kappa shape index (κ1) is 13.9. The molecule has 0 saturated heterocycles. The summed E-state index contributed by atoms with van der Waals surface area (Å²) in [6.07, 6.45) is 0. The summed E-state index contributed by atoms with van der Waals surface area (Å²) in [6, 6.07) is 2.10. The third kappa shape index (κ3) is 2.74. The number of carboxylic acids is 1. The number of aliphatic carboxylic acids is 1. The summed E-state index contributed by atoms with van der Waals surface area (Å²) in [5.41, 5.74) is 1.93. The topological polar surface area (TPSA) is 90.1 Å². The Morgan fingerprint density at radius 1 is 1.50 bits per heavy atom. The van der Waals surface area contributed by atoms with Gasteiger partial charge >= 0.3 is 5.97 Å². The van der Waals surface area contributed by atoms with E-state index in [1.165, 1.54) is 0 Å². The van der Waals surface area contributed by atoms with E-state index < -0.39 is 11.9 Å². The van der Waals surface area contributed by atoms with Crippen molar-refractivity contribution in [1.29, 1.82) is 5.26 Å². The lowest BCUT2D eigenvalue weighted by Gasteiger charge is -2.21. The first-order chi connectivity index (χ1) is 8.38. The lowest BCUT2D eigenvalue weighted by Crippen LogP contribution is -2.30. The average Bonchev–Trinajstić information content (AvgIpc) is 2.31. The van der Waals surface area contributed by atoms with Crippen molar-refractivity contribution in [3.63, 3.8) is 0 Å². The summed E-state index contributed by atoms with van der Waals surface area (Å²) in [5.74, 6) is -0.990. The predicted molar refractivity (Wildman–Crippen MR) is 66.3 cm³/mol. The van der Waals surface area contributed by atoms with Crippen LogP contribution in [0.5, 0.6) is 0 Å². The molecule has 6 heteroatoms. The zero-order valence-corrected chi connectivity index (χ0v) is 10.9. The molecular formula is C12H16N4O2. The molecule has 1 aromatic rings. The van der Waals surface area contributed by atoms with Gasteiger partial charge in [-0.1, -0.05) is 6.92 Å². The Hall–Kier alpha value is -2.16. The highest BCUT2D eigenvalue weighted by Gasteiger charge is 2.19. The van der Waals surface area contributed by atoms with Gasteiger partial charge < -0.3 is 10.0 Å². The minimum Gasteiger partial charge on any atom is -0.481 e. The van der Waals surface area contributed by atoms with Crippen LogP contribution in [0.15, 0.2) is 0 Å². The lowest BCUT2D eigenvalue weighted by atomic mass is 10.1. The molecule has 1 unspecified atom stereocenters. The van der Waals surface area contributed by atoms with E-state index in [4.69, 9.17) is 10.4 Å². The van der Waals surface area contributed by atoms with Gasteiger partial charge in [-0.25, -0.2) is 0 Å². The third-order valence-electron chi connectivity index (χ3n) is 2.88. The number of aryl methyl sites for hydroxylation is 1. The van der Waals surface area contributed by atoms with Crippen LogP contribution >= 0.6 is 0 Å². The Morgan fingerprint density at radius 2 is 2.11 bits per heavy atom. The Bertz CT molecular complexity index is 508. The first-order valence-corrected chi connectivity index (χ1v) is 5.56. The Kier molecular flexibility index (Phi) is 4.21. The molecule has 1 aromatic heterocycles. The number of rotatable bonds is 4. The quantitative estimate of drug-likeness (QED) is 0.858. The van der Waals surface area contributed by atoms with Crippen LogP contribution in [0, 0.1) is 31.1 Å². The smallest absolute Gasteiger partial charge is 0.308 e. The largest absolute Gasteiger partial charge is 0.481 e. The normalized spacial score (nSPS) is 11.7. The summed E-state index contributed by atoms with van der Waals surface area (Å²) in [6.45, 7) is 5.48. The van der Waals surface area contributed by atoms with Gasteiger partial charge in [-0.2, -0.15) is 10.4 Å². The van der Waals surface area contributed by atoms with E-state index in [9.17, 15) is 4.79 Å². The van der Waals surface area contributed by atoms with Crippen LogP contribution in [-0.2, 0) is 4.79 Å². The molecule has 0 aliphatic rings. The molecule has 1 heterocycles. The van der Waals surface area contributed by atoms with E-state index in [2.05, 4.69) is 16.3 Å². The molecule has 1 atom stereocenters. The van der Waals surface area contributed by atoms with Crippen LogP contribution in [0.4, 0.5) is 5.82 Å². The van der Waals surface area contributed by atoms with Crippen molar-refractivity contribution in [2.75, 3.05) is 18.5 Å². The van der Waals surface area contributed by atoms with E-state index in [-0.39, 0.29) is 6.54 Å². The minimum atomic E-state index is -0.878. The van der Waals surface area contributed by atoms with Gasteiger partial charge in [-0.05, 0) is 19.4 Å². The molecule has 0 amide bonds. The average molecular weight is 248 g/mol. The van der Waals surface area contributed by atoms with Gasteiger partial charge in [0, 0.05) is 13.6 Å². The second-order valence-electron chi connectivity index (χ2n) is 4.34. The van der Waals surface area contributed by atoms with Gasteiger partial charge in [0.05, 0.1) is 11.6 Å². The fraction of sp³-hybridized carbons (Fsp3) is 0.500. The summed E-state index contributed by atoms with van der Waals surface area (Å²) in [4.78, 5) is 12.5. The molecule has 0 aliphatic heterocycles. The fourth-order valence-electron chi connectivity index (χ4n) is 1.57.